The third kappa shape index (κ3) is 4.71. The number of hydrogen-bond donors (Lipinski definition) is 4. The summed E-state index contributed by atoms with van der Waals surface area (Å²) in [6.45, 7) is 0.243. The molecule has 3 aromatic heterocycles. The number of aromatic nitrogens is 3. The fourth-order valence-electron chi connectivity index (χ4n) is 3.71. The van der Waals surface area contributed by atoms with Crippen molar-refractivity contribution < 1.29 is 29.7 Å². The van der Waals surface area contributed by atoms with E-state index in [0.29, 0.717) is 11.4 Å². The van der Waals surface area contributed by atoms with E-state index in [1.807, 2.05) is 6.07 Å². The highest BCUT2D eigenvalue weighted by molar-refractivity contribution is 6.00. The Morgan fingerprint density at radius 1 is 1.11 bits per heavy atom. The molecule has 4 rings (SSSR count). The van der Waals surface area contributed by atoms with Crippen LogP contribution in [0.4, 0.5) is 10.6 Å². The van der Waals surface area contributed by atoms with Gasteiger partial charge in [0.1, 0.15) is 23.6 Å². The first-order valence-electron chi connectivity index (χ1n) is 10.4. The molecule has 1 unspecified atom stereocenters. The molecule has 0 bridgehead atoms. The number of carbonyl (C=O) groups excluding carboxylic acids is 1. The van der Waals surface area contributed by atoms with Crippen LogP contribution in [0.15, 0.2) is 36.7 Å². The highest BCUT2D eigenvalue weighted by atomic mass is 16.4. The van der Waals surface area contributed by atoms with Crippen LogP contribution in [0.25, 0.3) is 10.9 Å². The monoisotopic (exact) mass is 477 g/mol. The van der Waals surface area contributed by atoms with E-state index in [0.717, 1.165) is 4.90 Å². The number of nitrogens with one attached hydrogen (secondary N) is 1. The number of carboxylic acid groups (broad SMARTS) is 2. The number of aliphatic carboxylic acids is 1. The Labute approximate surface area is 197 Å². The summed E-state index contributed by atoms with van der Waals surface area (Å²) in [5, 5.41) is 40.9. The molecule has 1 fully saturated rings. The minimum Gasteiger partial charge on any atom is -0.505 e. The summed E-state index contributed by atoms with van der Waals surface area (Å²) in [6, 6.07) is 6.93. The maximum absolute atomic E-state index is 12.6. The van der Waals surface area contributed by atoms with Crippen LogP contribution in [0.5, 0.6) is 5.75 Å². The Balaban J connectivity index is 1.51. The van der Waals surface area contributed by atoms with E-state index in [1.165, 1.54) is 24.5 Å². The van der Waals surface area contributed by atoms with E-state index in [2.05, 4.69) is 20.3 Å². The molecule has 13 heteroatoms. The first kappa shape index (κ1) is 23.2. The highest BCUT2D eigenvalue weighted by Gasteiger charge is 2.36. The number of hydrogen-bond acceptors (Lipinski definition) is 9. The van der Waals surface area contributed by atoms with Gasteiger partial charge in [0.05, 0.1) is 18.3 Å². The van der Waals surface area contributed by atoms with E-state index in [1.54, 1.807) is 17.0 Å². The molecule has 1 saturated heterocycles. The highest BCUT2D eigenvalue weighted by Crippen LogP contribution is 2.28. The molecule has 1 aliphatic heterocycles. The molecule has 2 amide bonds. The number of carboxylic acids is 1. The first-order valence-corrected chi connectivity index (χ1v) is 10.4. The molecule has 0 saturated carbocycles. The molecule has 1 atom stereocenters. The third-order valence-corrected chi connectivity index (χ3v) is 5.55. The van der Waals surface area contributed by atoms with Crippen molar-refractivity contribution in [2.45, 2.75) is 12.6 Å². The van der Waals surface area contributed by atoms with Gasteiger partial charge in [0.25, 0.3) is 5.91 Å². The summed E-state index contributed by atoms with van der Waals surface area (Å²) in [5.41, 5.74) is 0.990. The number of rotatable bonds is 5. The van der Waals surface area contributed by atoms with E-state index in [4.69, 9.17) is 5.26 Å². The Morgan fingerprint density at radius 3 is 2.57 bits per heavy atom. The Hall–Kier alpha value is -4.99. The maximum atomic E-state index is 12.6. The molecule has 178 valence electrons. The normalized spacial score (nSPS) is 15.5. The van der Waals surface area contributed by atoms with Crippen LogP contribution >= 0.6 is 0 Å². The van der Waals surface area contributed by atoms with Crippen LogP contribution in [-0.4, -0.2) is 78.8 Å². The molecule has 3 aromatic rings. The predicted octanol–water partition coefficient (Wildman–Crippen LogP) is 0.785. The molecule has 0 spiro atoms. The zero-order valence-electron chi connectivity index (χ0n) is 18.1. The van der Waals surface area contributed by atoms with Crippen molar-refractivity contribution >= 4 is 34.7 Å². The molecule has 35 heavy (non-hydrogen) atoms. The lowest BCUT2D eigenvalue weighted by atomic mass is 10.1. The molecule has 0 aliphatic carbocycles. The lowest BCUT2D eigenvalue weighted by Crippen LogP contribution is -2.58. The smallest absolute Gasteiger partial charge is 0.408 e. The molecule has 0 radical (unpaired) electrons. The second-order valence-corrected chi connectivity index (χ2v) is 7.68. The molecule has 4 N–H and O–H groups in total. The van der Waals surface area contributed by atoms with Crippen molar-refractivity contribution in [2.75, 3.05) is 24.5 Å². The van der Waals surface area contributed by atoms with Gasteiger partial charge in [-0.25, -0.2) is 24.5 Å². The zero-order valence-corrected chi connectivity index (χ0v) is 18.1. The summed E-state index contributed by atoms with van der Waals surface area (Å²) >= 11 is 0. The minimum absolute atomic E-state index is 0.0105. The molecule has 1 aliphatic rings. The SMILES string of the molecule is N#Cc1ccc(CNC(=O)c2ncc3nc(N4CCN(C(=O)O)C(C(=O)O)C4)ccc3c2O)cn1. The summed E-state index contributed by atoms with van der Waals surface area (Å²) in [4.78, 5) is 50.3. The van der Waals surface area contributed by atoms with Crippen LogP contribution in [-0.2, 0) is 11.3 Å². The van der Waals surface area contributed by atoms with Crippen molar-refractivity contribution in [2.24, 2.45) is 0 Å². The molecular weight excluding hydrogens is 458 g/mol. The fraction of sp³-hybridized carbons (Fsp3) is 0.227. The van der Waals surface area contributed by atoms with E-state index >= 15 is 0 Å². The van der Waals surface area contributed by atoms with Crippen LogP contribution in [0, 0.1) is 11.3 Å². The van der Waals surface area contributed by atoms with Gasteiger partial charge in [-0.1, -0.05) is 6.07 Å². The van der Waals surface area contributed by atoms with Crippen LogP contribution in [0.1, 0.15) is 21.7 Å². The fourth-order valence-corrected chi connectivity index (χ4v) is 3.71. The second-order valence-electron chi connectivity index (χ2n) is 7.68. The van der Waals surface area contributed by atoms with Gasteiger partial charge in [-0.2, -0.15) is 5.26 Å². The van der Waals surface area contributed by atoms with Crippen molar-refractivity contribution in [3.05, 3.63) is 53.6 Å². The number of pyridine rings is 3. The van der Waals surface area contributed by atoms with Crippen molar-refractivity contribution in [1.82, 2.24) is 25.2 Å². The summed E-state index contributed by atoms with van der Waals surface area (Å²) in [5.74, 6) is -1.85. The Morgan fingerprint density at radius 2 is 1.91 bits per heavy atom. The summed E-state index contributed by atoms with van der Waals surface area (Å²) < 4.78 is 0. The molecular formula is C22H19N7O6. The maximum Gasteiger partial charge on any atom is 0.408 e. The van der Waals surface area contributed by atoms with Crippen LogP contribution in [0.2, 0.25) is 0 Å². The largest absolute Gasteiger partial charge is 0.505 e. The van der Waals surface area contributed by atoms with Gasteiger partial charge in [-0.15, -0.1) is 0 Å². The van der Waals surface area contributed by atoms with E-state index in [-0.39, 0.29) is 54.2 Å². The number of amides is 2. The van der Waals surface area contributed by atoms with Gasteiger partial charge in [0.2, 0.25) is 0 Å². The Kier molecular flexibility index (Phi) is 6.27. The van der Waals surface area contributed by atoms with Crippen molar-refractivity contribution in [3.8, 4) is 11.8 Å². The lowest BCUT2D eigenvalue weighted by Gasteiger charge is -2.38. The Bertz CT molecular complexity index is 1350. The van der Waals surface area contributed by atoms with Crippen molar-refractivity contribution in [3.63, 3.8) is 0 Å². The number of nitrogens with zero attached hydrogens (tertiary/aromatic N) is 6. The number of aromatic hydroxyl groups is 1. The quantitative estimate of drug-likeness (QED) is 0.406. The number of anilines is 1. The lowest BCUT2D eigenvalue weighted by molar-refractivity contribution is -0.142. The first-order chi connectivity index (χ1) is 16.8. The average molecular weight is 477 g/mol. The van der Waals surface area contributed by atoms with Gasteiger partial charge < -0.3 is 25.5 Å². The second kappa shape index (κ2) is 9.48. The third-order valence-electron chi connectivity index (χ3n) is 5.55. The van der Waals surface area contributed by atoms with Crippen molar-refractivity contribution in [1.29, 1.82) is 5.26 Å². The van der Waals surface area contributed by atoms with Gasteiger partial charge in [0, 0.05) is 31.2 Å². The minimum atomic E-state index is -1.31. The van der Waals surface area contributed by atoms with Gasteiger partial charge in [-0.3, -0.25) is 9.69 Å². The number of piperazine rings is 1. The van der Waals surface area contributed by atoms with E-state index < -0.39 is 24.0 Å². The standard InChI is InChI=1S/C22H19N7O6/c23-7-13-2-1-12(8-24-13)9-26-20(31)18-19(30)14-3-4-17(27-15(14)10-25-18)28-5-6-29(22(34)35)16(11-28)21(32)33/h1-4,8,10,16,30H,5-6,9,11H2,(H,26,31)(H,32,33)(H,34,35). The van der Waals surface area contributed by atoms with Crippen LogP contribution < -0.4 is 10.2 Å². The van der Waals surface area contributed by atoms with Gasteiger partial charge in [0.15, 0.2) is 11.4 Å². The van der Waals surface area contributed by atoms with Gasteiger partial charge in [-0.05, 0) is 23.8 Å². The summed E-state index contributed by atoms with van der Waals surface area (Å²) in [6.07, 6.45) is 1.47. The van der Waals surface area contributed by atoms with Crippen LogP contribution in [0.3, 0.4) is 0 Å². The average Bonchev–Trinajstić information content (AvgIpc) is 2.87. The zero-order chi connectivity index (χ0) is 25.1. The molecule has 13 nitrogen and oxygen atoms in total. The number of nitriles is 1. The predicted molar refractivity (Wildman–Crippen MR) is 120 cm³/mol. The number of fused-ring (bicyclic) bond motifs is 1. The topological polar surface area (TPSA) is 193 Å². The number of carbonyl (C=O) groups is 3. The summed E-state index contributed by atoms with van der Waals surface area (Å²) in [7, 11) is 0. The molecule has 0 aromatic carbocycles. The van der Waals surface area contributed by atoms with Gasteiger partial charge >= 0.3 is 12.1 Å². The van der Waals surface area contributed by atoms with E-state index in [9.17, 15) is 29.7 Å². The molecule has 4 heterocycles.